The Kier molecular flexibility index (Phi) is 51.3. The minimum atomic E-state index is -0.659. The van der Waals surface area contributed by atoms with Crippen LogP contribution in [0.2, 0.25) is 0 Å². The zero-order valence-corrected chi connectivity index (χ0v) is 30.4. The second-order valence-corrected chi connectivity index (χ2v) is 11.9. The maximum Gasteiger partial charge on any atom is 0.303 e. The van der Waals surface area contributed by atoms with Gasteiger partial charge < -0.3 is 15.3 Å². The first kappa shape index (κ1) is 48.7. The number of carbonyl (C=O) groups is 3. The van der Waals surface area contributed by atoms with Gasteiger partial charge >= 0.3 is 17.9 Å². The Bertz CT molecular complexity index is 480. The highest BCUT2D eigenvalue weighted by atomic mass is 31.0. The summed E-state index contributed by atoms with van der Waals surface area (Å²) in [6.45, 7) is 6.68. The quantitative estimate of drug-likeness (QED) is 0.0535. The van der Waals surface area contributed by atoms with Gasteiger partial charge in [-0.3, -0.25) is 14.4 Å². The minimum absolute atomic E-state index is 0. The lowest BCUT2D eigenvalue weighted by Crippen LogP contribution is -1.93. The van der Waals surface area contributed by atoms with Crippen molar-refractivity contribution in [2.75, 3.05) is 0 Å². The molecule has 0 aromatic rings. The highest BCUT2D eigenvalue weighted by Crippen LogP contribution is 2.12. The van der Waals surface area contributed by atoms with Gasteiger partial charge in [-0.05, 0) is 19.3 Å². The van der Waals surface area contributed by atoms with Gasteiger partial charge in [-0.15, -0.1) is 0 Å². The average molecular weight is 635 g/mol. The summed E-state index contributed by atoms with van der Waals surface area (Å²) in [4.78, 5) is 30.6. The van der Waals surface area contributed by atoms with Crippen molar-refractivity contribution in [1.82, 2.24) is 0 Å². The lowest BCUT2D eigenvalue weighted by molar-refractivity contribution is -0.138. The molecule has 0 aliphatic rings. The van der Waals surface area contributed by atoms with Gasteiger partial charge in [0.25, 0.3) is 0 Å². The van der Waals surface area contributed by atoms with Gasteiger partial charge in [0.15, 0.2) is 0 Å². The van der Waals surface area contributed by atoms with Crippen LogP contribution in [0, 0.1) is 0 Å². The first-order chi connectivity index (χ1) is 20.3. The summed E-state index contributed by atoms with van der Waals surface area (Å²) in [5, 5.41) is 25.2. The van der Waals surface area contributed by atoms with Gasteiger partial charge in [-0.1, -0.05) is 175 Å². The highest BCUT2D eigenvalue weighted by molar-refractivity contribution is 6.92. The summed E-state index contributed by atoms with van der Waals surface area (Å²) in [6, 6.07) is 0. The molecule has 43 heavy (non-hydrogen) atoms. The van der Waals surface area contributed by atoms with Crippen LogP contribution in [-0.4, -0.2) is 33.2 Å². The van der Waals surface area contributed by atoms with E-state index < -0.39 is 17.9 Å². The topological polar surface area (TPSA) is 112 Å². The lowest BCUT2D eigenvalue weighted by atomic mass is 10.1. The van der Waals surface area contributed by atoms with Crippen LogP contribution in [0.5, 0.6) is 0 Å². The Labute approximate surface area is 270 Å². The van der Waals surface area contributed by atoms with Gasteiger partial charge in [0.1, 0.15) is 0 Å². The standard InChI is InChI=1S/3C12H24O2.H3P/c3*1-2-3-4-5-6-7-8-9-10-11-12(13)14;/h3*2-11H2,1H3,(H,13,14);1H3. The van der Waals surface area contributed by atoms with Gasteiger partial charge in [0.2, 0.25) is 0 Å². The fourth-order valence-electron chi connectivity index (χ4n) is 4.76. The summed E-state index contributed by atoms with van der Waals surface area (Å²) in [7, 11) is 0. The van der Waals surface area contributed by atoms with E-state index in [-0.39, 0.29) is 9.90 Å². The lowest BCUT2D eigenvalue weighted by Gasteiger charge is -2.00. The largest absolute Gasteiger partial charge is 0.481 e. The molecule has 3 N–H and O–H groups in total. The monoisotopic (exact) mass is 635 g/mol. The number of hydrogen-bond acceptors (Lipinski definition) is 3. The molecular formula is C36H75O6P. The number of aliphatic carboxylic acids is 3. The fourth-order valence-corrected chi connectivity index (χ4v) is 4.76. The molecular weight excluding hydrogens is 559 g/mol. The molecule has 0 aliphatic heterocycles. The van der Waals surface area contributed by atoms with Crippen molar-refractivity contribution in [2.45, 2.75) is 213 Å². The van der Waals surface area contributed by atoms with Crippen LogP contribution in [0.4, 0.5) is 0 Å². The highest BCUT2D eigenvalue weighted by Gasteiger charge is 1.98. The summed E-state index contributed by atoms with van der Waals surface area (Å²) in [6.07, 6.45) is 34.4. The first-order valence-corrected chi connectivity index (χ1v) is 18.0. The summed E-state index contributed by atoms with van der Waals surface area (Å²) in [5.41, 5.74) is 0. The van der Waals surface area contributed by atoms with E-state index in [9.17, 15) is 14.4 Å². The predicted molar refractivity (Wildman–Crippen MR) is 190 cm³/mol. The van der Waals surface area contributed by atoms with E-state index in [1.165, 1.54) is 135 Å². The third kappa shape index (κ3) is 60.8. The van der Waals surface area contributed by atoms with Gasteiger partial charge in [-0.2, -0.15) is 9.90 Å². The molecule has 0 aromatic carbocycles. The second-order valence-electron chi connectivity index (χ2n) is 11.9. The molecule has 0 rings (SSSR count). The average Bonchev–Trinajstić information content (AvgIpc) is 2.95. The molecule has 0 saturated carbocycles. The van der Waals surface area contributed by atoms with Crippen LogP contribution in [0.1, 0.15) is 213 Å². The van der Waals surface area contributed by atoms with Gasteiger partial charge in [0, 0.05) is 19.3 Å². The van der Waals surface area contributed by atoms with Crippen LogP contribution >= 0.6 is 9.90 Å². The molecule has 6 nitrogen and oxygen atoms in total. The molecule has 0 radical (unpaired) electrons. The van der Waals surface area contributed by atoms with E-state index in [4.69, 9.17) is 15.3 Å². The Morgan fingerprint density at radius 1 is 0.302 bits per heavy atom. The van der Waals surface area contributed by atoms with Gasteiger partial charge in [0.05, 0.1) is 0 Å². The Hall–Kier alpha value is -1.16. The van der Waals surface area contributed by atoms with Crippen molar-refractivity contribution in [1.29, 1.82) is 0 Å². The Morgan fingerprint density at radius 3 is 0.581 bits per heavy atom. The zero-order valence-electron chi connectivity index (χ0n) is 29.0. The molecule has 0 bridgehead atoms. The molecule has 0 fully saturated rings. The van der Waals surface area contributed by atoms with E-state index in [0.717, 1.165) is 38.5 Å². The second kappa shape index (κ2) is 45.3. The third-order valence-corrected chi connectivity index (χ3v) is 7.48. The van der Waals surface area contributed by atoms with Crippen molar-refractivity contribution in [3.8, 4) is 0 Å². The molecule has 1 unspecified atom stereocenters. The van der Waals surface area contributed by atoms with Crippen molar-refractivity contribution in [2.24, 2.45) is 0 Å². The van der Waals surface area contributed by atoms with Crippen LogP contribution in [-0.2, 0) is 14.4 Å². The zero-order chi connectivity index (χ0) is 31.9. The molecule has 7 heteroatoms. The third-order valence-electron chi connectivity index (χ3n) is 7.48. The van der Waals surface area contributed by atoms with Crippen LogP contribution in [0.25, 0.3) is 0 Å². The first-order valence-electron chi connectivity index (χ1n) is 18.0. The van der Waals surface area contributed by atoms with Gasteiger partial charge in [-0.25, -0.2) is 0 Å². The van der Waals surface area contributed by atoms with E-state index >= 15 is 0 Å². The number of hydrogen-bond donors (Lipinski definition) is 3. The van der Waals surface area contributed by atoms with E-state index in [1.807, 2.05) is 0 Å². The molecule has 0 aliphatic carbocycles. The van der Waals surface area contributed by atoms with Crippen molar-refractivity contribution < 1.29 is 29.7 Å². The molecule has 0 spiro atoms. The smallest absolute Gasteiger partial charge is 0.303 e. The predicted octanol–water partition coefficient (Wildman–Crippen LogP) is 12.0. The molecule has 1 atom stereocenters. The number of unbranched alkanes of at least 4 members (excludes halogenated alkanes) is 24. The molecule has 0 saturated heterocycles. The van der Waals surface area contributed by atoms with Crippen molar-refractivity contribution in [3.63, 3.8) is 0 Å². The number of carboxylic acid groups (broad SMARTS) is 3. The Morgan fingerprint density at radius 2 is 0.442 bits per heavy atom. The molecule has 0 aromatic heterocycles. The van der Waals surface area contributed by atoms with Crippen molar-refractivity contribution >= 4 is 27.8 Å². The Balaban J connectivity index is -0.000000262. The summed E-state index contributed by atoms with van der Waals surface area (Å²) < 4.78 is 0. The number of rotatable bonds is 30. The van der Waals surface area contributed by atoms with E-state index in [1.54, 1.807) is 0 Å². The van der Waals surface area contributed by atoms with Crippen molar-refractivity contribution in [3.05, 3.63) is 0 Å². The molecule has 0 amide bonds. The maximum atomic E-state index is 10.2. The normalized spacial score (nSPS) is 10.1. The summed E-state index contributed by atoms with van der Waals surface area (Å²) in [5.74, 6) is -1.98. The van der Waals surface area contributed by atoms with E-state index in [0.29, 0.717) is 19.3 Å². The van der Waals surface area contributed by atoms with Crippen LogP contribution in [0.3, 0.4) is 0 Å². The summed E-state index contributed by atoms with van der Waals surface area (Å²) >= 11 is 0. The fraction of sp³-hybridized carbons (Fsp3) is 0.917. The maximum absolute atomic E-state index is 10.2. The minimum Gasteiger partial charge on any atom is -0.481 e. The SMILES string of the molecule is CCCCCCCCCCCC(=O)O.CCCCCCCCCCCC(=O)O.CCCCCCCCCCCC(=O)O.P. The number of carboxylic acids is 3. The van der Waals surface area contributed by atoms with E-state index in [2.05, 4.69) is 20.8 Å². The molecule has 0 heterocycles. The van der Waals surface area contributed by atoms with Crippen LogP contribution in [0.15, 0.2) is 0 Å². The van der Waals surface area contributed by atoms with Crippen LogP contribution < -0.4 is 0 Å². The molecule has 260 valence electrons.